The van der Waals surface area contributed by atoms with Crippen LogP contribution < -0.4 is 20.1 Å². The number of rotatable bonds is 4. The van der Waals surface area contributed by atoms with Gasteiger partial charge in [-0.1, -0.05) is 25.3 Å². The zero-order chi connectivity index (χ0) is 19.7. The Morgan fingerprint density at radius 3 is 2.64 bits per heavy atom. The van der Waals surface area contributed by atoms with E-state index in [9.17, 15) is 14.4 Å². The van der Waals surface area contributed by atoms with Crippen LogP contribution in [-0.4, -0.2) is 48.5 Å². The van der Waals surface area contributed by atoms with Crippen LogP contribution in [-0.2, 0) is 15.1 Å². The third kappa shape index (κ3) is 3.39. The number of imide groups is 1. The molecule has 4 rings (SSSR count). The summed E-state index contributed by atoms with van der Waals surface area (Å²) in [5, 5.41) is 5.67. The molecule has 3 aliphatic rings. The third-order valence-electron chi connectivity index (χ3n) is 5.67. The van der Waals surface area contributed by atoms with Crippen molar-refractivity contribution < 1.29 is 23.9 Å². The van der Waals surface area contributed by atoms with E-state index in [1.165, 1.54) is 6.42 Å². The number of fused-ring (bicyclic) bond motifs is 1. The zero-order valence-corrected chi connectivity index (χ0v) is 16.0. The minimum atomic E-state index is -1.25. The smallest absolute Gasteiger partial charge is 0.325 e. The molecule has 1 aliphatic carbocycles. The fraction of sp³-hybridized carbons (Fsp3) is 0.550. The van der Waals surface area contributed by atoms with Crippen molar-refractivity contribution in [2.75, 3.05) is 19.8 Å². The van der Waals surface area contributed by atoms with Crippen LogP contribution in [0.2, 0.25) is 0 Å². The molecule has 1 saturated heterocycles. The Hall–Kier alpha value is -2.77. The molecule has 1 atom stereocenters. The highest BCUT2D eigenvalue weighted by molar-refractivity contribution is 6.09. The van der Waals surface area contributed by atoms with Gasteiger partial charge in [0, 0.05) is 6.04 Å². The van der Waals surface area contributed by atoms with Crippen molar-refractivity contribution in [1.29, 1.82) is 0 Å². The average Bonchev–Trinajstić information content (AvgIpc) is 2.92. The maximum Gasteiger partial charge on any atom is 0.325 e. The highest BCUT2D eigenvalue weighted by atomic mass is 16.6. The lowest BCUT2D eigenvalue weighted by Gasteiger charge is -2.25. The molecule has 150 valence electrons. The number of carbonyl (C=O) groups is 3. The summed E-state index contributed by atoms with van der Waals surface area (Å²) >= 11 is 0. The van der Waals surface area contributed by atoms with Crippen molar-refractivity contribution in [2.24, 2.45) is 0 Å². The number of benzene rings is 1. The predicted octanol–water partition coefficient (Wildman–Crippen LogP) is 1.67. The molecule has 8 nitrogen and oxygen atoms in total. The molecule has 0 radical (unpaired) electrons. The van der Waals surface area contributed by atoms with Gasteiger partial charge in [0.15, 0.2) is 11.5 Å². The van der Waals surface area contributed by atoms with Gasteiger partial charge in [0.2, 0.25) is 5.91 Å². The van der Waals surface area contributed by atoms with E-state index in [1.54, 1.807) is 25.1 Å². The van der Waals surface area contributed by atoms with E-state index in [4.69, 9.17) is 9.47 Å². The maximum atomic E-state index is 13.0. The molecule has 4 amide bonds. The second-order valence-electron chi connectivity index (χ2n) is 7.71. The molecule has 2 aliphatic heterocycles. The molecule has 1 unspecified atom stereocenters. The quantitative estimate of drug-likeness (QED) is 0.766. The van der Waals surface area contributed by atoms with Gasteiger partial charge in [0.1, 0.15) is 25.3 Å². The number of hydrogen-bond acceptors (Lipinski definition) is 5. The molecule has 0 aromatic heterocycles. The molecule has 2 N–H and O–H groups in total. The Bertz CT molecular complexity index is 805. The Balaban J connectivity index is 1.47. The lowest BCUT2D eigenvalue weighted by molar-refractivity contribution is -0.135. The van der Waals surface area contributed by atoms with Crippen LogP contribution in [0.1, 0.15) is 44.6 Å². The van der Waals surface area contributed by atoms with Crippen LogP contribution >= 0.6 is 0 Å². The molecule has 0 bridgehead atoms. The number of urea groups is 1. The highest BCUT2D eigenvalue weighted by Crippen LogP contribution is 2.36. The molecule has 1 aromatic rings. The first kappa shape index (κ1) is 18.6. The second-order valence-corrected chi connectivity index (χ2v) is 7.71. The van der Waals surface area contributed by atoms with Crippen molar-refractivity contribution in [3.8, 4) is 11.5 Å². The van der Waals surface area contributed by atoms with Crippen LogP contribution in [0, 0.1) is 0 Å². The lowest BCUT2D eigenvalue weighted by Crippen LogP contribution is -2.45. The van der Waals surface area contributed by atoms with Crippen LogP contribution in [0.4, 0.5) is 4.79 Å². The van der Waals surface area contributed by atoms with Crippen molar-refractivity contribution in [3.05, 3.63) is 23.8 Å². The summed E-state index contributed by atoms with van der Waals surface area (Å²) in [5.41, 5.74) is -0.664. The summed E-state index contributed by atoms with van der Waals surface area (Å²) in [6, 6.07) is 4.73. The first-order valence-electron chi connectivity index (χ1n) is 9.81. The van der Waals surface area contributed by atoms with Crippen molar-refractivity contribution in [2.45, 2.75) is 50.6 Å². The molecule has 2 heterocycles. The van der Waals surface area contributed by atoms with Crippen LogP contribution in [0.25, 0.3) is 0 Å². The predicted molar refractivity (Wildman–Crippen MR) is 100 cm³/mol. The monoisotopic (exact) mass is 387 g/mol. The number of nitrogens with zero attached hydrogens (tertiary/aromatic N) is 1. The SMILES string of the molecule is CC1(c2ccc3c(c2)OCCO3)NC(=O)N(CC(=O)NC2CCCCC2)C1=O. The van der Waals surface area contributed by atoms with Crippen molar-refractivity contribution in [3.63, 3.8) is 0 Å². The average molecular weight is 387 g/mol. The summed E-state index contributed by atoms with van der Waals surface area (Å²) < 4.78 is 11.1. The fourth-order valence-corrected chi connectivity index (χ4v) is 4.05. The van der Waals surface area contributed by atoms with Gasteiger partial charge >= 0.3 is 6.03 Å². The van der Waals surface area contributed by atoms with Gasteiger partial charge in [-0.15, -0.1) is 0 Å². The molecule has 1 aromatic carbocycles. The number of ether oxygens (including phenoxy) is 2. The van der Waals surface area contributed by atoms with E-state index < -0.39 is 17.5 Å². The van der Waals surface area contributed by atoms with E-state index >= 15 is 0 Å². The number of amides is 4. The highest BCUT2D eigenvalue weighted by Gasteiger charge is 2.49. The molecular weight excluding hydrogens is 362 g/mol. The van der Waals surface area contributed by atoms with Crippen molar-refractivity contribution >= 4 is 17.8 Å². The zero-order valence-electron chi connectivity index (χ0n) is 16.0. The Morgan fingerprint density at radius 2 is 1.89 bits per heavy atom. The lowest BCUT2D eigenvalue weighted by atomic mass is 9.91. The van der Waals surface area contributed by atoms with E-state index in [0.29, 0.717) is 30.3 Å². The molecule has 8 heteroatoms. The van der Waals surface area contributed by atoms with Gasteiger partial charge in [-0.2, -0.15) is 0 Å². The van der Waals surface area contributed by atoms with E-state index in [-0.39, 0.29) is 18.5 Å². The van der Waals surface area contributed by atoms with Gasteiger partial charge in [0.25, 0.3) is 5.91 Å². The number of carbonyl (C=O) groups excluding carboxylic acids is 3. The third-order valence-corrected chi connectivity index (χ3v) is 5.67. The van der Waals surface area contributed by atoms with E-state index in [0.717, 1.165) is 30.6 Å². The minimum absolute atomic E-state index is 0.131. The van der Waals surface area contributed by atoms with Crippen LogP contribution in [0.5, 0.6) is 11.5 Å². The van der Waals surface area contributed by atoms with Gasteiger partial charge in [0.05, 0.1) is 0 Å². The van der Waals surface area contributed by atoms with Gasteiger partial charge in [-0.3, -0.25) is 14.5 Å². The molecule has 28 heavy (non-hydrogen) atoms. The molecular formula is C20H25N3O5. The summed E-state index contributed by atoms with van der Waals surface area (Å²) in [6.45, 7) is 2.27. The molecule has 1 saturated carbocycles. The van der Waals surface area contributed by atoms with Crippen LogP contribution in [0.3, 0.4) is 0 Å². The first-order chi connectivity index (χ1) is 13.5. The topological polar surface area (TPSA) is 97.0 Å². The van der Waals surface area contributed by atoms with Gasteiger partial charge in [-0.25, -0.2) is 4.79 Å². The van der Waals surface area contributed by atoms with Crippen molar-refractivity contribution in [1.82, 2.24) is 15.5 Å². The van der Waals surface area contributed by atoms with Gasteiger partial charge in [-0.05, 0) is 37.5 Å². The second kappa shape index (κ2) is 7.33. The normalized spacial score (nSPS) is 24.8. The molecule has 2 fully saturated rings. The minimum Gasteiger partial charge on any atom is -0.486 e. The fourth-order valence-electron chi connectivity index (χ4n) is 4.05. The van der Waals surface area contributed by atoms with E-state index in [2.05, 4.69) is 10.6 Å². The summed E-state index contributed by atoms with van der Waals surface area (Å²) in [4.78, 5) is 38.8. The van der Waals surface area contributed by atoms with Crippen LogP contribution in [0.15, 0.2) is 18.2 Å². The maximum absolute atomic E-state index is 13.0. The number of nitrogens with one attached hydrogen (secondary N) is 2. The molecule has 0 spiro atoms. The summed E-state index contributed by atoms with van der Waals surface area (Å²) in [7, 11) is 0. The summed E-state index contributed by atoms with van der Waals surface area (Å²) in [5.74, 6) is 0.398. The Morgan fingerprint density at radius 1 is 1.18 bits per heavy atom. The Kier molecular flexibility index (Phi) is 4.87. The van der Waals surface area contributed by atoms with E-state index in [1.807, 2.05) is 0 Å². The summed E-state index contributed by atoms with van der Waals surface area (Å²) in [6.07, 6.45) is 5.27. The Labute approximate surface area is 163 Å². The first-order valence-corrected chi connectivity index (χ1v) is 9.81. The standard InChI is InChI=1S/C20H25N3O5/c1-20(13-7-8-15-16(11-13)28-10-9-27-15)18(25)23(19(26)22-20)12-17(24)21-14-5-3-2-4-6-14/h7-8,11,14H,2-6,9-10,12H2,1H3,(H,21,24)(H,22,26). The van der Waals surface area contributed by atoms with Gasteiger partial charge < -0.3 is 20.1 Å². The number of hydrogen-bond donors (Lipinski definition) is 2. The largest absolute Gasteiger partial charge is 0.486 e.